The zero-order chi connectivity index (χ0) is 19.7. The summed E-state index contributed by atoms with van der Waals surface area (Å²) in [6, 6.07) is 9.17. The summed E-state index contributed by atoms with van der Waals surface area (Å²) in [7, 11) is 1.78. The second-order valence-corrected chi connectivity index (χ2v) is 6.91. The maximum absolute atomic E-state index is 13.1. The van der Waals surface area contributed by atoms with Crippen LogP contribution in [0.3, 0.4) is 0 Å². The number of amides is 2. The van der Waals surface area contributed by atoms with Crippen LogP contribution in [0.2, 0.25) is 0 Å². The number of aromatic amines is 1. The fourth-order valence-electron chi connectivity index (χ4n) is 3.56. The molecule has 0 saturated carbocycles. The molecule has 0 spiro atoms. The second-order valence-electron chi connectivity index (χ2n) is 6.91. The van der Waals surface area contributed by atoms with Gasteiger partial charge < -0.3 is 14.8 Å². The molecule has 4 rings (SSSR count). The number of benzene rings is 1. The Kier molecular flexibility index (Phi) is 4.64. The van der Waals surface area contributed by atoms with Crippen LogP contribution in [0.5, 0.6) is 0 Å². The van der Waals surface area contributed by atoms with Crippen LogP contribution in [0.1, 0.15) is 35.7 Å². The van der Waals surface area contributed by atoms with Crippen LogP contribution in [0.4, 0.5) is 0 Å². The van der Waals surface area contributed by atoms with Crippen molar-refractivity contribution in [2.45, 2.75) is 25.4 Å². The van der Waals surface area contributed by atoms with Gasteiger partial charge in [0.15, 0.2) is 5.82 Å². The molecule has 2 N–H and O–H groups in total. The van der Waals surface area contributed by atoms with Gasteiger partial charge in [0.2, 0.25) is 5.91 Å². The number of nitrogens with zero attached hydrogens (tertiary/aromatic N) is 5. The van der Waals surface area contributed by atoms with Crippen molar-refractivity contribution >= 4 is 11.8 Å². The number of carbonyl (C=O) groups excluding carboxylic acids is 2. The molecule has 28 heavy (non-hydrogen) atoms. The largest absolute Gasteiger partial charge is 0.352 e. The minimum absolute atomic E-state index is 0.124. The van der Waals surface area contributed by atoms with Gasteiger partial charge in [0, 0.05) is 32.1 Å². The van der Waals surface area contributed by atoms with Crippen molar-refractivity contribution in [1.29, 1.82) is 0 Å². The lowest BCUT2D eigenvalue weighted by atomic mass is 10.1. The third kappa shape index (κ3) is 3.38. The van der Waals surface area contributed by atoms with Gasteiger partial charge in [0.25, 0.3) is 5.91 Å². The van der Waals surface area contributed by atoms with E-state index in [0.717, 1.165) is 5.56 Å². The van der Waals surface area contributed by atoms with Gasteiger partial charge in [0.05, 0.1) is 18.6 Å². The molecule has 1 aromatic carbocycles. The molecule has 9 nitrogen and oxygen atoms in total. The number of hydrogen-bond donors (Lipinski definition) is 2. The molecule has 0 aliphatic carbocycles. The first kappa shape index (κ1) is 17.9. The summed E-state index contributed by atoms with van der Waals surface area (Å²) < 4.78 is 1.68. The third-order valence-corrected chi connectivity index (χ3v) is 4.86. The van der Waals surface area contributed by atoms with Crippen molar-refractivity contribution < 1.29 is 9.59 Å². The fourth-order valence-corrected chi connectivity index (χ4v) is 3.56. The molecule has 144 valence electrons. The van der Waals surface area contributed by atoms with E-state index in [-0.39, 0.29) is 23.9 Å². The molecule has 9 heteroatoms. The van der Waals surface area contributed by atoms with E-state index in [1.54, 1.807) is 29.0 Å². The highest BCUT2D eigenvalue weighted by Crippen LogP contribution is 2.32. The van der Waals surface area contributed by atoms with E-state index in [1.807, 2.05) is 30.3 Å². The lowest BCUT2D eigenvalue weighted by Gasteiger charge is -2.22. The molecule has 3 aromatic rings. The molecular weight excluding hydrogens is 358 g/mol. The number of likely N-dealkylation sites (tertiary alicyclic amines) is 1. The van der Waals surface area contributed by atoms with Gasteiger partial charge in [-0.1, -0.05) is 30.3 Å². The number of aryl methyl sites for hydroxylation is 1. The lowest BCUT2D eigenvalue weighted by molar-refractivity contribution is -0.119. The van der Waals surface area contributed by atoms with Gasteiger partial charge in [0.1, 0.15) is 11.5 Å². The summed E-state index contributed by atoms with van der Waals surface area (Å²) in [6.45, 7) is 1.87. The first-order valence-corrected chi connectivity index (χ1v) is 9.05. The smallest absolute Gasteiger partial charge is 0.272 e. The zero-order valence-electron chi connectivity index (χ0n) is 15.7. The van der Waals surface area contributed by atoms with E-state index in [2.05, 4.69) is 25.5 Å². The minimum Gasteiger partial charge on any atom is -0.352 e. The molecule has 2 amide bonds. The quantitative estimate of drug-likeness (QED) is 0.710. The molecule has 1 aliphatic rings. The Hall–Kier alpha value is -3.49. The number of hydrogen-bond acceptors (Lipinski definition) is 5. The molecule has 1 fully saturated rings. The van der Waals surface area contributed by atoms with E-state index < -0.39 is 0 Å². The molecule has 2 atom stereocenters. The van der Waals surface area contributed by atoms with Crippen LogP contribution >= 0.6 is 0 Å². The Morgan fingerprint density at radius 2 is 2.04 bits per heavy atom. The number of imidazole rings is 1. The summed E-state index contributed by atoms with van der Waals surface area (Å²) in [5.41, 5.74) is 1.38. The van der Waals surface area contributed by atoms with E-state index in [4.69, 9.17) is 0 Å². The first-order chi connectivity index (χ1) is 13.5. The lowest BCUT2D eigenvalue weighted by Crippen LogP contribution is -2.38. The maximum atomic E-state index is 13.1. The van der Waals surface area contributed by atoms with Gasteiger partial charge >= 0.3 is 0 Å². The number of H-pyrrole nitrogens is 1. The number of aromatic nitrogens is 5. The first-order valence-electron chi connectivity index (χ1n) is 9.05. The predicted molar refractivity (Wildman–Crippen MR) is 101 cm³/mol. The Labute approximate surface area is 161 Å². The molecule has 1 aliphatic heterocycles. The van der Waals surface area contributed by atoms with Crippen LogP contribution in [0, 0.1) is 0 Å². The number of nitrogens with one attached hydrogen (secondary N) is 2. The summed E-state index contributed by atoms with van der Waals surface area (Å²) in [4.78, 5) is 35.0. The normalized spacial score (nSPS) is 19.0. The second kappa shape index (κ2) is 7.26. The van der Waals surface area contributed by atoms with Gasteiger partial charge in [-0.25, -0.2) is 9.97 Å². The predicted octanol–water partition coefficient (Wildman–Crippen LogP) is 1.30. The van der Waals surface area contributed by atoms with Crippen molar-refractivity contribution in [3.05, 3.63) is 54.4 Å². The van der Waals surface area contributed by atoms with Crippen LogP contribution in [0.15, 0.2) is 42.9 Å². The molecule has 3 heterocycles. The Morgan fingerprint density at radius 1 is 1.25 bits per heavy atom. The molecule has 0 bridgehead atoms. The highest BCUT2D eigenvalue weighted by atomic mass is 16.2. The van der Waals surface area contributed by atoms with Crippen LogP contribution in [-0.4, -0.2) is 54.0 Å². The van der Waals surface area contributed by atoms with Gasteiger partial charge in [-0.05, 0) is 6.42 Å². The molecule has 0 radical (unpaired) electrons. The maximum Gasteiger partial charge on any atom is 0.272 e. The van der Waals surface area contributed by atoms with Gasteiger partial charge in [-0.15, -0.1) is 0 Å². The average molecular weight is 379 g/mol. The number of rotatable bonds is 4. The molecular formula is C19H21N7O2. The highest BCUT2D eigenvalue weighted by Gasteiger charge is 2.39. The molecule has 1 saturated heterocycles. The van der Waals surface area contributed by atoms with Crippen molar-refractivity contribution in [3.8, 4) is 11.4 Å². The van der Waals surface area contributed by atoms with Crippen molar-refractivity contribution in [3.63, 3.8) is 0 Å². The van der Waals surface area contributed by atoms with E-state index in [9.17, 15) is 9.59 Å². The summed E-state index contributed by atoms with van der Waals surface area (Å²) in [5, 5.41) is 10.2. The number of carbonyl (C=O) groups is 2. The zero-order valence-corrected chi connectivity index (χ0v) is 15.7. The fraction of sp³-hybridized carbons (Fsp3) is 0.316. The van der Waals surface area contributed by atoms with Crippen LogP contribution in [0.25, 0.3) is 11.4 Å². The Bertz CT molecular complexity index is 995. The SMILES string of the molecule is CC(=O)N[C@H]1C[C@@H](c2nc(-c3ccccc3)n[nH]2)N(C(=O)c2cncn2C)C1. The van der Waals surface area contributed by atoms with Crippen molar-refractivity contribution in [2.75, 3.05) is 6.54 Å². The summed E-state index contributed by atoms with van der Waals surface area (Å²) in [6.07, 6.45) is 3.69. The topological polar surface area (TPSA) is 109 Å². The molecule has 2 aromatic heterocycles. The van der Waals surface area contributed by atoms with E-state index in [0.29, 0.717) is 30.3 Å². The van der Waals surface area contributed by atoms with Gasteiger partial charge in [-0.2, -0.15) is 5.10 Å². The summed E-state index contributed by atoms with van der Waals surface area (Å²) in [5.74, 6) is 0.894. The van der Waals surface area contributed by atoms with Crippen LogP contribution < -0.4 is 5.32 Å². The standard InChI is InChI=1S/C19H21N7O2/c1-12(27)21-14-8-15(26(10-14)19(28)16-9-20-11-25(16)2)18-22-17(23-24-18)13-6-4-3-5-7-13/h3-7,9,11,14-15H,8,10H2,1-2H3,(H,21,27)(H,22,23,24)/t14-,15-/m0/s1. The van der Waals surface area contributed by atoms with Crippen molar-refractivity contribution in [1.82, 2.24) is 34.9 Å². The molecule has 0 unspecified atom stereocenters. The Balaban J connectivity index is 1.64. The van der Waals surface area contributed by atoms with Crippen LogP contribution in [-0.2, 0) is 11.8 Å². The van der Waals surface area contributed by atoms with E-state index in [1.165, 1.54) is 6.92 Å². The third-order valence-electron chi connectivity index (χ3n) is 4.86. The summed E-state index contributed by atoms with van der Waals surface area (Å²) >= 11 is 0. The van der Waals surface area contributed by atoms with Gasteiger partial charge in [-0.3, -0.25) is 14.7 Å². The highest BCUT2D eigenvalue weighted by molar-refractivity contribution is 5.93. The van der Waals surface area contributed by atoms with E-state index >= 15 is 0 Å². The monoisotopic (exact) mass is 379 g/mol. The minimum atomic E-state index is -0.316. The average Bonchev–Trinajstić information content (AvgIpc) is 3.40. The van der Waals surface area contributed by atoms with Crippen molar-refractivity contribution in [2.24, 2.45) is 7.05 Å². The Morgan fingerprint density at radius 3 is 2.71 bits per heavy atom.